The van der Waals surface area contributed by atoms with Crippen molar-refractivity contribution in [3.8, 4) is 0 Å². The van der Waals surface area contributed by atoms with Gasteiger partial charge in [0.15, 0.2) is 0 Å². The molecule has 0 spiro atoms. The van der Waals surface area contributed by atoms with Crippen molar-refractivity contribution in [2.75, 3.05) is 13.1 Å². The van der Waals surface area contributed by atoms with Gasteiger partial charge in [-0.05, 0) is 62.3 Å². The van der Waals surface area contributed by atoms with Crippen LogP contribution in [0.4, 0.5) is 0 Å². The van der Waals surface area contributed by atoms with E-state index in [0.29, 0.717) is 12.8 Å². The zero-order valence-electron chi connectivity index (χ0n) is 20.4. The van der Waals surface area contributed by atoms with Crippen LogP contribution in [0.25, 0.3) is 0 Å². The molecule has 1 aliphatic rings. The summed E-state index contributed by atoms with van der Waals surface area (Å²) >= 11 is 0. The number of carbonyl (C=O) groups excluding carboxylic acids is 1. The molecule has 2 aromatic rings. The van der Waals surface area contributed by atoms with E-state index in [1.54, 1.807) is 25.1 Å². The van der Waals surface area contributed by atoms with Gasteiger partial charge in [0, 0.05) is 19.5 Å². The van der Waals surface area contributed by atoms with E-state index >= 15 is 0 Å². The minimum atomic E-state index is -3.98. The third-order valence-corrected chi connectivity index (χ3v) is 7.98. The summed E-state index contributed by atoms with van der Waals surface area (Å²) in [6.07, 6.45) is 4.55. The second-order valence-corrected chi connectivity index (χ2v) is 11.3. The minimum absolute atomic E-state index is 0.0991. The van der Waals surface area contributed by atoms with Gasteiger partial charge < -0.3 is 15.5 Å². The van der Waals surface area contributed by atoms with Crippen molar-refractivity contribution >= 4 is 15.9 Å². The van der Waals surface area contributed by atoms with Crippen molar-refractivity contribution in [3.63, 3.8) is 0 Å². The molecular weight excluding hydrogens is 464 g/mol. The van der Waals surface area contributed by atoms with Gasteiger partial charge in [0.25, 0.3) is 0 Å². The number of aliphatic hydroxyl groups excluding tert-OH is 2. The molecule has 2 aromatic carbocycles. The molecule has 4 atom stereocenters. The Morgan fingerprint density at radius 3 is 2.49 bits per heavy atom. The summed E-state index contributed by atoms with van der Waals surface area (Å²) in [6.45, 7) is 2.87. The highest BCUT2D eigenvalue weighted by Crippen LogP contribution is 2.21. The van der Waals surface area contributed by atoms with E-state index in [9.17, 15) is 23.4 Å². The molecule has 0 aliphatic heterocycles. The van der Waals surface area contributed by atoms with Gasteiger partial charge in [0.05, 0.1) is 23.1 Å². The fraction of sp³-hybridized carbons (Fsp3) is 0.444. The number of nitrogens with one attached hydrogen (secondary N) is 1. The van der Waals surface area contributed by atoms with Gasteiger partial charge in [-0.2, -0.15) is 4.31 Å². The Morgan fingerprint density at radius 2 is 1.86 bits per heavy atom. The number of benzene rings is 2. The SMILES string of the molecule is Cc1cccc(S(=O)(=O)N(C[C@H](C)O)C[C@@H](O)[C@H](Cc2ccccc2)NC(=O)CC2C=CCC2)c1. The van der Waals surface area contributed by atoms with Crippen LogP contribution in [0.3, 0.4) is 0 Å². The lowest BCUT2D eigenvalue weighted by atomic mass is 9.99. The number of sulfonamides is 1. The van der Waals surface area contributed by atoms with Crippen molar-refractivity contribution in [2.24, 2.45) is 5.92 Å². The Morgan fingerprint density at radius 1 is 1.11 bits per heavy atom. The summed E-state index contributed by atoms with van der Waals surface area (Å²) in [4.78, 5) is 12.9. The second-order valence-electron chi connectivity index (χ2n) is 9.39. The largest absolute Gasteiger partial charge is 0.392 e. The van der Waals surface area contributed by atoms with Crippen LogP contribution in [-0.2, 0) is 21.2 Å². The van der Waals surface area contributed by atoms with Gasteiger partial charge in [0.2, 0.25) is 15.9 Å². The van der Waals surface area contributed by atoms with Gasteiger partial charge in [-0.3, -0.25) is 4.79 Å². The lowest BCUT2D eigenvalue weighted by Gasteiger charge is -2.30. The molecule has 8 heteroatoms. The van der Waals surface area contributed by atoms with Crippen molar-refractivity contribution < 1.29 is 23.4 Å². The Balaban J connectivity index is 1.81. The first kappa shape index (κ1) is 27.1. The summed E-state index contributed by atoms with van der Waals surface area (Å²) < 4.78 is 27.9. The van der Waals surface area contributed by atoms with E-state index in [1.807, 2.05) is 36.4 Å². The minimum Gasteiger partial charge on any atom is -0.392 e. The quantitative estimate of drug-likeness (QED) is 0.389. The lowest BCUT2D eigenvalue weighted by Crippen LogP contribution is -2.51. The monoisotopic (exact) mass is 500 g/mol. The molecule has 1 amide bonds. The van der Waals surface area contributed by atoms with Crippen LogP contribution >= 0.6 is 0 Å². The van der Waals surface area contributed by atoms with E-state index in [2.05, 4.69) is 11.4 Å². The number of nitrogens with zero attached hydrogens (tertiary/aromatic N) is 1. The number of allylic oxidation sites excluding steroid dienone is 2. The van der Waals surface area contributed by atoms with Gasteiger partial charge >= 0.3 is 0 Å². The highest BCUT2D eigenvalue weighted by atomic mass is 32.2. The number of rotatable bonds is 12. The average molecular weight is 501 g/mol. The molecule has 1 unspecified atom stereocenters. The summed E-state index contributed by atoms with van der Waals surface area (Å²) in [6, 6.07) is 15.3. The normalized spacial score (nSPS) is 18.4. The number of hydrogen-bond acceptors (Lipinski definition) is 5. The maximum atomic E-state index is 13.4. The third-order valence-electron chi connectivity index (χ3n) is 6.16. The molecule has 3 rings (SSSR count). The smallest absolute Gasteiger partial charge is 0.243 e. The van der Waals surface area contributed by atoms with Crippen LogP contribution in [0.15, 0.2) is 71.6 Å². The number of aliphatic hydroxyl groups is 2. The van der Waals surface area contributed by atoms with Crippen LogP contribution in [0.5, 0.6) is 0 Å². The number of hydrogen-bond donors (Lipinski definition) is 3. The molecule has 0 heterocycles. The Hall–Kier alpha value is -2.52. The maximum absolute atomic E-state index is 13.4. The highest BCUT2D eigenvalue weighted by Gasteiger charge is 2.32. The molecule has 0 bridgehead atoms. The molecule has 1 aliphatic carbocycles. The van der Waals surface area contributed by atoms with Crippen LogP contribution in [0, 0.1) is 12.8 Å². The van der Waals surface area contributed by atoms with E-state index in [0.717, 1.165) is 28.3 Å². The van der Waals surface area contributed by atoms with Gasteiger partial charge in [-0.15, -0.1) is 0 Å². The molecule has 35 heavy (non-hydrogen) atoms. The maximum Gasteiger partial charge on any atom is 0.243 e. The fourth-order valence-corrected chi connectivity index (χ4v) is 5.99. The van der Waals surface area contributed by atoms with E-state index in [-0.39, 0.29) is 29.8 Å². The van der Waals surface area contributed by atoms with Crippen molar-refractivity contribution in [3.05, 3.63) is 77.9 Å². The van der Waals surface area contributed by atoms with Gasteiger partial charge in [-0.25, -0.2) is 8.42 Å². The van der Waals surface area contributed by atoms with Crippen LogP contribution in [0.2, 0.25) is 0 Å². The molecule has 0 fully saturated rings. The van der Waals surface area contributed by atoms with Crippen molar-refractivity contribution in [1.82, 2.24) is 9.62 Å². The number of amides is 1. The lowest BCUT2D eigenvalue weighted by molar-refractivity contribution is -0.123. The number of aryl methyl sites for hydroxylation is 1. The Bertz CT molecular complexity index is 1100. The fourth-order valence-electron chi connectivity index (χ4n) is 4.35. The molecule has 0 saturated carbocycles. The summed E-state index contributed by atoms with van der Waals surface area (Å²) in [7, 11) is -3.98. The summed E-state index contributed by atoms with van der Waals surface area (Å²) in [5.74, 6) is 0.00287. The third kappa shape index (κ3) is 8.00. The molecule has 3 N–H and O–H groups in total. The van der Waals surface area contributed by atoms with E-state index in [4.69, 9.17) is 0 Å². The molecule has 0 saturated heterocycles. The van der Waals surface area contributed by atoms with Crippen LogP contribution in [0.1, 0.15) is 37.3 Å². The molecule has 0 radical (unpaired) electrons. The predicted molar refractivity (Wildman–Crippen MR) is 136 cm³/mol. The van der Waals surface area contributed by atoms with E-state index < -0.39 is 28.3 Å². The molecule has 190 valence electrons. The van der Waals surface area contributed by atoms with Crippen molar-refractivity contribution in [1.29, 1.82) is 0 Å². The summed E-state index contributed by atoms with van der Waals surface area (Å²) in [5.41, 5.74) is 1.71. The van der Waals surface area contributed by atoms with E-state index in [1.165, 1.54) is 13.0 Å². The first-order valence-corrected chi connectivity index (χ1v) is 13.5. The molecule has 0 aromatic heterocycles. The molecular formula is C27H36N2O5S. The zero-order chi connectivity index (χ0) is 25.4. The first-order chi connectivity index (χ1) is 16.6. The first-order valence-electron chi connectivity index (χ1n) is 12.1. The zero-order valence-corrected chi connectivity index (χ0v) is 21.2. The standard InChI is InChI=1S/C27H36N2O5S/c1-20-9-8-14-24(15-20)35(33,34)29(18-21(2)30)19-26(31)25(16-22-10-4-3-5-11-22)28-27(32)17-23-12-6-7-13-23/h3-6,8-12,14-15,21,23,25-26,30-31H,7,13,16-19H2,1-2H3,(H,28,32)/t21-,23?,25-,26+/m0/s1. The van der Waals surface area contributed by atoms with Crippen LogP contribution in [-0.4, -0.2) is 60.2 Å². The van der Waals surface area contributed by atoms with Gasteiger partial charge in [0.1, 0.15) is 0 Å². The summed E-state index contributed by atoms with van der Waals surface area (Å²) in [5, 5.41) is 24.2. The van der Waals surface area contributed by atoms with Crippen LogP contribution < -0.4 is 5.32 Å². The predicted octanol–water partition coefficient (Wildman–Crippen LogP) is 2.81. The Labute approximate surface area is 208 Å². The highest BCUT2D eigenvalue weighted by molar-refractivity contribution is 7.89. The van der Waals surface area contributed by atoms with Gasteiger partial charge in [-0.1, -0.05) is 54.6 Å². The Kier molecular flexibility index (Phi) is 9.63. The number of carbonyl (C=O) groups is 1. The molecule has 7 nitrogen and oxygen atoms in total. The second kappa shape index (κ2) is 12.4. The topological polar surface area (TPSA) is 107 Å². The van der Waals surface area contributed by atoms with Crippen molar-refractivity contribution in [2.45, 2.75) is 62.7 Å². The average Bonchev–Trinajstić information content (AvgIpc) is 3.31.